The van der Waals surface area contributed by atoms with E-state index in [-0.39, 0.29) is 5.91 Å². The van der Waals surface area contributed by atoms with Gasteiger partial charge in [0.25, 0.3) is 5.91 Å². The Bertz CT molecular complexity index is 417. The van der Waals surface area contributed by atoms with Gasteiger partial charge in [-0.15, -0.1) is 0 Å². The Balaban J connectivity index is 2.69. The van der Waals surface area contributed by atoms with Crippen molar-refractivity contribution in [1.29, 1.82) is 0 Å². The lowest BCUT2D eigenvalue weighted by molar-refractivity contribution is 0.0943. The van der Waals surface area contributed by atoms with Crippen LogP contribution in [0, 0.1) is 0 Å². The van der Waals surface area contributed by atoms with Crippen molar-refractivity contribution in [3.63, 3.8) is 0 Å². The minimum Gasteiger partial charge on any atom is -0.384 e. The molecule has 0 aliphatic carbocycles. The molecule has 1 heterocycles. The zero-order valence-electron chi connectivity index (χ0n) is 11.5. The van der Waals surface area contributed by atoms with Crippen molar-refractivity contribution in [1.82, 2.24) is 15.2 Å². The van der Waals surface area contributed by atoms with Crippen LogP contribution in [0.1, 0.15) is 29.9 Å². The lowest BCUT2D eigenvalue weighted by Gasteiger charge is -2.20. The molecule has 0 saturated carbocycles. The first-order valence-corrected chi connectivity index (χ1v) is 6.15. The molecule has 0 aliphatic rings. The van der Waals surface area contributed by atoms with Crippen molar-refractivity contribution in [2.45, 2.75) is 26.3 Å². The molecule has 0 aromatic carbocycles. The summed E-state index contributed by atoms with van der Waals surface area (Å²) in [6.45, 7) is 4.64. The van der Waals surface area contributed by atoms with E-state index in [1.54, 1.807) is 12.1 Å². The number of nitrogens with one attached hydrogen (secondary N) is 1. The Morgan fingerprint density at radius 1 is 1.50 bits per heavy atom. The Morgan fingerprint density at radius 3 is 2.72 bits per heavy atom. The van der Waals surface area contributed by atoms with Crippen LogP contribution in [-0.2, 0) is 6.42 Å². The van der Waals surface area contributed by atoms with Gasteiger partial charge in [0.05, 0.1) is 0 Å². The number of rotatable bonds is 5. The van der Waals surface area contributed by atoms with Crippen LogP contribution in [0.3, 0.4) is 0 Å². The predicted octanol–water partition coefficient (Wildman–Crippen LogP) is 0.906. The highest BCUT2D eigenvalue weighted by Crippen LogP contribution is 2.08. The smallest absolute Gasteiger partial charge is 0.251 e. The van der Waals surface area contributed by atoms with E-state index in [0.717, 1.165) is 12.1 Å². The van der Waals surface area contributed by atoms with E-state index in [4.69, 9.17) is 5.73 Å². The van der Waals surface area contributed by atoms with Gasteiger partial charge in [0.2, 0.25) is 0 Å². The first kappa shape index (κ1) is 14.4. The molecule has 18 heavy (non-hydrogen) atoms. The van der Waals surface area contributed by atoms with Crippen molar-refractivity contribution in [2.24, 2.45) is 0 Å². The van der Waals surface area contributed by atoms with Gasteiger partial charge in [0.1, 0.15) is 5.82 Å². The third kappa shape index (κ3) is 4.00. The summed E-state index contributed by atoms with van der Waals surface area (Å²) in [5.74, 6) is 0.285. The average molecular weight is 250 g/mol. The van der Waals surface area contributed by atoms with E-state index >= 15 is 0 Å². The maximum absolute atomic E-state index is 12.0. The summed E-state index contributed by atoms with van der Waals surface area (Å²) in [6, 6.07) is 3.68. The first-order valence-electron chi connectivity index (χ1n) is 6.15. The number of aromatic nitrogens is 1. The second-order valence-electron chi connectivity index (χ2n) is 4.65. The molecule has 1 amide bonds. The molecule has 0 saturated heterocycles. The molecule has 1 atom stereocenters. The Kier molecular flexibility index (Phi) is 5.09. The van der Waals surface area contributed by atoms with Gasteiger partial charge in [-0.1, -0.05) is 6.92 Å². The van der Waals surface area contributed by atoms with Crippen LogP contribution in [0.15, 0.2) is 12.1 Å². The summed E-state index contributed by atoms with van der Waals surface area (Å²) in [4.78, 5) is 18.2. The minimum absolute atomic E-state index is 0.104. The van der Waals surface area contributed by atoms with Gasteiger partial charge in [-0.2, -0.15) is 0 Å². The van der Waals surface area contributed by atoms with Crippen molar-refractivity contribution < 1.29 is 4.79 Å². The number of carbonyl (C=O) groups excluding carboxylic acids is 1. The van der Waals surface area contributed by atoms with Gasteiger partial charge >= 0.3 is 0 Å². The molecule has 0 fully saturated rings. The number of nitrogens with two attached hydrogens (primary N) is 1. The van der Waals surface area contributed by atoms with E-state index in [2.05, 4.69) is 22.1 Å². The number of likely N-dealkylation sites (N-methyl/N-ethyl adjacent to an activating group) is 1. The summed E-state index contributed by atoms with van der Waals surface area (Å²) in [6.07, 6.45) is 0.763. The Morgan fingerprint density at radius 2 is 2.17 bits per heavy atom. The van der Waals surface area contributed by atoms with Crippen molar-refractivity contribution in [2.75, 3.05) is 26.4 Å². The van der Waals surface area contributed by atoms with Crippen molar-refractivity contribution >= 4 is 11.7 Å². The second-order valence-corrected chi connectivity index (χ2v) is 4.65. The van der Waals surface area contributed by atoms with Gasteiger partial charge in [-0.05, 0) is 39.6 Å². The molecular weight excluding hydrogens is 228 g/mol. The summed E-state index contributed by atoms with van der Waals surface area (Å²) in [7, 11) is 3.97. The van der Waals surface area contributed by atoms with Gasteiger partial charge in [0, 0.05) is 23.8 Å². The molecule has 1 aromatic rings. The lowest BCUT2D eigenvalue weighted by Crippen LogP contribution is -2.38. The van der Waals surface area contributed by atoms with E-state index in [9.17, 15) is 4.79 Å². The monoisotopic (exact) mass is 250 g/mol. The van der Waals surface area contributed by atoms with Gasteiger partial charge in [-0.25, -0.2) is 4.98 Å². The fourth-order valence-electron chi connectivity index (χ4n) is 1.45. The summed E-state index contributed by atoms with van der Waals surface area (Å²) in [5.41, 5.74) is 7.09. The minimum atomic E-state index is -0.104. The zero-order valence-corrected chi connectivity index (χ0v) is 11.5. The van der Waals surface area contributed by atoms with Crippen LogP contribution in [0.2, 0.25) is 0 Å². The van der Waals surface area contributed by atoms with Crippen LogP contribution in [0.4, 0.5) is 5.82 Å². The van der Waals surface area contributed by atoms with Crippen LogP contribution in [0.5, 0.6) is 0 Å². The zero-order chi connectivity index (χ0) is 13.7. The summed E-state index contributed by atoms with van der Waals surface area (Å²) in [5, 5.41) is 2.89. The molecule has 0 aliphatic heterocycles. The maximum atomic E-state index is 12.0. The highest BCUT2D eigenvalue weighted by molar-refractivity contribution is 5.94. The molecular formula is C13H22N4O. The third-order valence-electron chi connectivity index (χ3n) is 2.96. The molecule has 5 heteroatoms. The summed E-state index contributed by atoms with van der Waals surface area (Å²) >= 11 is 0. The first-order chi connectivity index (χ1) is 8.43. The fraction of sp³-hybridized carbons (Fsp3) is 0.538. The molecule has 1 rings (SSSR count). The number of pyridine rings is 1. The van der Waals surface area contributed by atoms with Crippen LogP contribution < -0.4 is 11.1 Å². The number of hydrogen-bond acceptors (Lipinski definition) is 4. The van der Waals surface area contributed by atoms with E-state index < -0.39 is 0 Å². The van der Waals surface area contributed by atoms with E-state index in [1.807, 2.05) is 21.0 Å². The van der Waals surface area contributed by atoms with Crippen molar-refractivity contribution in [3.8, 4) is 0 Å². The number of aryl methyl sites for hydroxylation is 1. The molecule has 100 valence electrons. The highest BCUT2D eigenvalue weighted by atomic mass is 16.1. The topological polar surface area (TPSA) is 71.2 Å². The second kappa shape index (κ2) is 6.35. The van der Waals surface area contributed by atoms with E-state index in [0.29, 0.717) is 24.0 Å². The highest BCUT2D eigenvalue weighted by Gasteiger charge is 2.10. The fourth-order valence-corrected chi connectivity index (χ4v) is 1.45. The molecule has 0 spiro atoms. The van der Waals surface area contributed by atoms with Gasteiger partial charge in [0.15, 0.2) is 0 Å². The number of carbonyl (C=O) groups is 1. The quantitative estimate of drug-likeness (QED) is 0.814. The van der Waals surface area contributed by atoms with Gasteiger partial charge in [-0.3, -0.25) is 4.79 Å². The SMILES string of the molecule is CCc1cc(C(=O)NCC(C)N(C)C)cc(N)n1. The Labute approximate surface area is 108 Å². The van der Waals surface area contributed by atoms with E-state index in [1.165, 1.54) is 0 Å². The normalized spacial score (nSPS) is 12.5. The molecule has 3 N–H and O–H groups in total. The number of anilines is 1. The third-order valence-corrected chi connectivity index (χ3v) is 2.96. The van der Waals surface area contributed by atoms with Gasteiger partial charge < -0.3 is 16.0 Å². The van der Waals surface area contributed by atoms with Crippen LogP contribution >= 0.6 is 0 Å². The maximum Gasteiger partial charge on any atom is 0.251 e. The Hall–Kier alpha value is -1.62. The molecule has 0 radical (unpaired) electrons. The van der Waals surface area contributed by atoms with Crippen LogP contribution in [0.25, 0.3) is 0 Å². The lowest BCUT2D eigenvalue weighted by atomic mass is 10.1. The largest absolute Gasteiger partial charge is 0.384 e. The molecule has 1 aromatic heterocycles. The number of nitrogens with zero attached hydrogens (tertiary/aromatic N) is 2. The molecule has 5 nitrogen and oxygen atoms in total. The number of amides is 1. The standard InChI is InChI=1S/C13H22N4O/c1-5-11-6-10(7-12(14)16-11)13(18)15-8-9(2)17(3)4/h6-7,9H,5,8H2,1-4H3,(H2,14,16)(H,15,18). The number of hydrogen-bond donors (Lipinski definition) is 2. The van der Waals surface area contributed by atoms with Crippen molar-refractivity contribution in [3.05, 3.63) is 23.4 Å². The molecule has 1 unspecified atom stereocenters. The number of nitrogen functional groups attached to an aromatic ring is 1. The predicted molar refractivity (Wildman–Crippen MR) is 73.5 cm³/mol. The summed E-state index contributed by atoms with van der Waals surface area (Å²) < 4.78 is 0. The average Bonchev–Trinajstić information content (AvgIpc) is 2.34. The molecule has 0 bridgehead atoms. The van der Waals surface area contributed by atoms with Crippen LogP contribution in [-0.4, -0.2) is 42.5 Å².